The molecule has 1 atom stereocenters. The minimum atomic E-state index is 0.430. The number of para-hydroxylation sites is 1. The summed E-state index contributed by atoms with van der Waals surface area (Å²) in [6.07, 6.45) is 1.96. The quantitative estimate of drug-likeness (QED) is 0.595. The summed E-state index contributed by atoms with van der Waals surface area (Å²) in [5, 5.41) is 6.66. The van der Waals surface area contributed by atoms with Crippen molar-refractivity contribution >= 4 is 5.96 Å². The Morgan fingerprint density at radius 2 is 2.05 bits per heavy atom. The van der Waals surface area contributed by atoms with E-state index in [2.05, 4.69) is 42.5 Å². The van der Waals surface area contributed by atoms with Gasteiger partial charge in [-0.15, -0.1) is 0 Å². The molecule has 0 aliphatic heterocycles. The molecular formula is C16H27N3O. The van der Waals surface area contributed by atoms with E-state index < -0.39 is 0 Å². The number of rotatable bonds is 7. The lowest BCUT2D eigenvalue weighted by molar-refractivity contribution is 0.410. The largest absolute Gasteiger partial charge is 0.496 e. The third-order valence-electron chi connectivity index (χ3n) is 3.18. The second kappa shape index (κ2) is 9.23. The van der Waals surface area contributed by atoms with Crippen molar-refractivity contribution < 1.29 is 4.74 Å². The number of hydrogen-bond acceptors (Lipinski definition) is 2. The molecule has 0 radical (unpaired) electrons. The molecule has 0 fully saturated rings. The lowest BCUT2D eigenvalue weighted by Gasteiger charge is -2.16. The average Bonchev–Trinajstić information content (AvgIpc) is 2.47. The van der Waals surface area contributed by atoms with Gasteiger partial charge in [0.15, 0.2) is 5.96 Å². The van der Waals surface area contributed by atoms with Crippen LogP contribution < -0.4 is 15.4 Å². The van der Waals surface area contributed by atoms with Gasteiger partial charge in [-0.2, -0.15) is 0 Å². The van der Waals surface area contributed by atoms with Crippen LogP contribution >= 0.6 is 0 Å². The lowest BCUT2D eigenvalue weighted by Crippen LogP contribution is -2.42. The highest BCUT2D eigenvalue weighted by atomic mass is 16.5. The Balaban J connectivity index is 2.58. The first-order valence-electron chi connectivity index (χ1n) is 7.38. The fraction of sp³-hybridized carbons (Fsp3) is 0.562. The summed E-state index contributed by atoms with van der Waals surface area (Å²) in [6, 6.07) is 8.52. The predicted molar refractivity (Wildman–Crippen MR) is 85.6 cm³/mol. The van der Waals surface area contributed by atoms with Crippen molar-refractivity contribution in [1.29, 1.82) is 0 Å². The minimum absolute atomic E-state index is 0.430. The molecule has 112 valence electrons. The van der Waals surface area contributed by atoms with Gasteiger partial charge in [0, 0.05) is 19.1 Å². The van der Waals surface area contributed by atoms with Crippen molar-refractivity contribution in [2.75, 3.05) is 20.2 Å². The van der Waals surface area contributed by atoms with E-state index in [4.69, 9.17) is 4.74 Å². The van der Waals surface area contributed by atoms with Crippen molar-refractivity contribution in [2.45, 2.75) is 39.7 Å². The molecule has 0 bridgehead atoms. The Hall–Kier alpha value is -1.71. The zero-order valence-electron chi connectivity index (χ0n) is 13.1. The van der Waals surface area contributed by atoms with Gasteiger partial charge >= 0.3 is 0 Å². The van der Waals surface area contributed by atoms with E-state index in [-0.39, 0.29) is 0 Å². The third-order valence-corrected chi connectivity index (χ3v) is 3.18. The minimum Gasteiger partial charge on any atom is -0.496 e. The smallest absolute Gasteiger partial charge is 0.191 e. The molecule has 2 N–H and O–H groups in total. The number of methoxy groups -OCH3 is 1. The summed E-state index contributed by atoms with van der Waals surface area (Å²) in [6.45, 7) is 8.01. The summed E-state index contributed by atoms with van der Waals surface area (Å²) >= 11 is 0. The Morgan fingerprint density at radius 3 is 2.70 bits per heavy atom. The second-order valence-corrected chi connectivity index (χ2v) is 4.78. The van der Waals surface area contributed by atoms with Crippen LogP contribution in [-0.2, 0) is 6.42 Å². The van der Waals surface area contributed by atoms with Crippen LogP contribution in [0.25, 0.3) is 0 Å². The predicted octanol–water partition coefficient (Wildman–Crippen LogP) is 2.59. The van der Waals surface area contributed by atoms with Crippen LogP contribution in [0, 0.1) is 0 Å². The Labute approximate surface area is 122 Å². The molecule has 0 heterocycles. The Bertz CT molecular complexity index is 418. The number of nitrogens with zero attached hydrogens (tertiary/aromatic N) is 1. The SMILES string of the molecule is CCNC(=NCCc1ccccc1OC)NC(C)CC. The number of benzene rings is 1. The standard InChI is InChI=1S/C16H27N3O/c1-5-13(3)19-16(17-6-2)18-12-11-14-9-7-8-10-15(14)20-4/h7-10,13H,5-6,11-12H2,1-4H3,(H2,17,18,19). The molecule has 20 heavy (non-hydrogen) atoms. The molecule has 0 saturated carbocycles. The van der Waals surface area contributed by atoms with Crippen molar-refractivity contribution in [2.24, 2.45) is 4.99 Å². The molecule has 0 aliphatic rings. The first-order valence-corrected chi connectivity index (χ1v) is 7.38. The van der Waals surface area contributed by atoms with Gasteiger partial charge in [0.25, 0.3) is 0 Å². The van der Waals surface area contributed by atoms with Crippen LogP contribution in [0.2, 0.25) is 0 Å². The van der Waals surface area contributed by atoms with E-state index in [1.165, 1.54) is 5.56 Å². The van der Waals surface area contributed by atoms with Crippen molar-refractivity contribution in [3.63, 3.8) is 0 Å². The van der Waals surface area contributed by atoms with Crippen LogP contribution in [0.5, 0.6) is 5.75 Å². The average molecular weight is 277 g/mol. The van der Waals surface area contributed by atoms with E-state index in [0.717, 1.165) is 37.6 Å². The molecule has 1 aromatic carbocycles. The van der Waals surface area contributed by atoms with Gasteiger partial charge in [0.05, 0.1) is 7.11 Å². The molecule has 0 aromatic heterocycles. The summed E-state index contributed by atoms with van der Waals surface area (Å²) in [5.41, 5.74) is 1.19. The van der Waals surface area contributed by atoms with Gasteiger partial charge in [-0.1, -0.05) is 25.1 Å². The first-order chi connectivity index (χ1) is 9.71. The summed E-state index contributed by atoms with van der Waals surface area (Å²) in [7, 11) is 1.71. The number of hydrogen-bond donors (Lipinski definition) is 2. The summed E-state index contributed by atoms with van der Waals surface area (Å²) < 4.78 is 5.35. The van der Waals surface area contributed by atoms with Gasteiger partial charge < -0.3 is 15.4 Å². The fourth-order valence-electron chi connectivity index (χ4n) is 1.85. The van der Waals surface area contributed by atoms with Crippen LogP contribution in [0.4, 0.5) is 0 Å². The highest BCUT2D eigenvalue weighted by molar-refractivity contribution is 5.80. The van der Waals surface area contributed by atoms with Crippen molar-refractivity contribution in [1.82, 2.24) is 10.6 Å². The maximum Gasteiger partial charge on any atom is 0.191 e. The van der Waals surface area contributed by atoms with Gasteiger partial charge in [0.1, 0.15) is 5.75 Å². The maximum absolute atomic E-state index is 5.35. The highest BCUT2D eigenvalue weighted by Gasteiger charge is 2.03. The molecule has 0 spiro atoms. The summed E-state index contributed by atoms with van der Waals surface area (Å²) in [4.78, 5) is 4.61. The van der Waals surface area contributed by atoms with Crippen LogP contribution in [0.1, 0.15) is 32.8 Å². The van der Waals surface area contributed by atoms with Crippen LogP contribution in [0.3, 0.4) is 0 Å². The Morgan fingerprint density at radius 1 is 1.30 bits per heavy atom. The molecule has 1 aromatic rings. The Kier molecular flexibility index (Phi) is 7.55. The van der Waals surface area contributed by atoms with E-state index in [0.29, 0.717) is 6.04 Å². The summed E-state index contributed by atoms with van der Waals surface area (Å²) in [5.74, 6) is 1.82. The molecule has 4 nitrogen and oxygen atoms in total. The van der Waals surface area contributed by atoms with E-state index in [9.17, 15) is 0 Å². The molecule has 0 saturated heterocycles. The monoisotopic (exact) mass is 277 g/mol. The van der Waals surface area contributed by atoms with Crippen molar-refractivity contribution in [3.05, 3.63) is 29.8 Å². The fourth-order valence-corrected chi connectivity index (χ4v) is 1.85. The maximum atomic E-state index is 5.35. The molecule has 1 unspecified atom stereocenters. The van der Waals surface area contributed by atoms with Crippen LogP contribution in [0.15, 0.2) is 29.3 Å². The second-order valence-electron chi connectivity index (χ2n) is 4.78. The zero-order chi connectivity index (χ0) is 14.8. The number of guanidine groups is 1. The van der Waals surface area contributed by atoms with Gasteiger partial charge in [0.2, 0.25) is 0 Å². The molecule has 0 amide bonds. The molecule has 4 heteroatoms. The number of aliphatic imine (C=N–C) groups is 1. The van der Waals surface area contributed by atoms with Crippen LogP contribution in [-0.4, -0.2) is 32.2 Å². The normalized spacial score (nSPS) is 12.9. The number of nitrogens with one attached hydrogen (secondary N) is 2. The van der Waals surface area contributed by atoms with Gasteiger partial charge in [-0.25, -0.2) is 0 Å². The van der Waals surface area contributed by atoms with E-state index >= 15 is 0 Å². The zero-order valence-corrected chi connectivity index (χ0v) is 13.1. The van der Waals surface area contributed by atoms with E-state index in [1.807, 2.05) is 18.2 Å². The van der Waals surface area contributed by atoms with Crippen molar-refractivity contribution in [3.8, 4) is 5.75 Å². The van der Waals surface area contributed by atoms with Gasteiger partial charge in [-0.05, 0) is 38.3 Å². The first kappa shape index (κ1) is 16.3. The third kappa shape index (κ3) is 5.51. The highest BCUT2D eigenvalue weighted by Crippen LogP contribution is 2.17. The molecule has 1 rings (SSSR count). The molecular weight excluding hydrogens is 250 g/mol. The van der Waals surface area contributed by atoms with Gasteiger partial charge in [-0.3, -0.25) is 4.99 Å². The topological polar surface area (TPSA) is 45.7 Å². The van der Waals surface area contributed by atoms with E-state index in [1.54, 1.807) is 7.11 Å². The lowest BCUT2D eigenvalue weighted by atomic mass is 10.1. The molecule has 0 aliphatic carbocycles. The number of ether oxygens (including phenoxy) is 1.